The van der Waals surface area contributed by atoms with Crippen LogP contribution in [-0.2, 0) is 20.5 Å². The molecule has 0 spiro atoms. The van der Waals surface area contributed by atoms with E-state index in [1.165, 1.54) is 16.3 Å². The van der Waals surface area contributed by atoms with Gasteiger partial charge in [0, 0.05) is 0 Å². The molecule has 0 fully saturated rings. The number of fused-ring (bicyclic) bond motifs is 1. The maximum atomic E-state index is 3.05. The zero-order chi connectivity index (χ0) is 15.2. The van der Waals surface area contributed by atoms with Crippen molar-refractivity contribution in [2.75, 3.05) is 0 Å². The Kier molecular flexibility index (Phi) is 10.9. The van der Waals surface area contributed by atoms with E-state index in [4.69, 9.17) is 0 Å². The van der Waals surface area contributed by atoms with E-state index in [-0.39, 0.29) is 24.8 Å². The number of hydrogen-bond acceptors (Lipinski definition) is 0. The Hall–Kier alpha value is 0.207. The minimum Gasteiger partial charge on any atom is -1.00 e. The van der Waals surface area contributed by atoms with Crippen LogP contribution in [0.1, 0.15) is 13.3 Å². The molecule has 0 N–H and O–H groups in total. The predicted octanol–water partition coefficient (Wildman–Crippen LogP) is -0.658. The van der Waals surface area contributed by atoms with Crippen LogP contribution in [-0.4, -0.2) is 10.9 Å². The van der Waals surface area contributed by atoms with Crippen molar-refractivity contribution in [2.45, 2.75) is 37.5 Å². The predicted molar refractivity (Wildman–Crippen MR) is 96.5 cm³/mol. The van der Waals surface area contributed by atoms with Crippen LogP contribution in [0.2, 0.25) is 24.2 Å². The molecule has 24 heavy (non-hydrogen) atoms. The molecule has 2 heterocycles. The topological polar surface area (TPSA) is 0 Å². The number of benzene rings is 1. The molecule has 0 atom stereocenters. The molecular weight excluding hydrogens is 447 g/mol. The van der Waals surface area contributed by atoms with Gasteiger partial charge in [-0.3, -0.25) is 6.08 Å². The average Bonchev–Trinajstić information content (AvgIpc) is 3.34. The normalized spacial score (nSPS) is 15.8. The molecule has 0 nitrogen and oxygen atoms in total. The van der Waals surface area contributed by atoms with E-state index >= 15 is 0 Å². The van der Waals surface area contributed by atoms with E-state index in [9.17, 15) is 0 Å². The van der Waals surface area contributed by atoms with Gasteiger partial charge in [0.15, 0.2) is 0 Å². The molecule has 0 saturated heterocycles. The Labute approximate surface area is 169 Å². The van der Waals surface area contributed by atoms with Crippen molar-refractivity contribution in [2.24, 2.45) is 0 Å². The molecule has 0 unspecified atom stereocenters. The summed E-state index contributed by atoms with van der Waals surface area (Å²) in [6.45, 7) is 2.08. The van der Waals surface area contributed by atoms with Crippen LogP contribution >= 0.6 is 0 Å². The van der Waals surface area contributed by atoms with E-state index in [0.29, 0.717) is 31.3 Å². The molecule has 5 heteroatoms. The van der Waals surface area contributed by atoms with E-state index in [1.54, 1.807) is 24.2 Å². The van der Waals surface area contributed by atoms with Gasteiger partial charge in [-0.2, -0.15) is 23.6 Å². The van der Waals surface area contributed by atoms with Gasteiger partial charge in [0.25, 0.3) is 0 Å². The second-order valence-electron chi connectivity index (χ2n) is 5.99. The summed E-state index contributed by atoms with van der Waals surface area (Å²) in [5.41, 5.74) is 2.42. The summed E-state index contributed by atoms with van der Waals surface area (Å²) < 4.78 is 0. The molecule has 2 bridgehead atoms. The van der Waals surface area contributed by atoms with Gasteiger partial charge in [-0.25, -0.2) is 11.6 Å². The zero-order valence-electron chi connectivity index (χ0n) is 14.0. The molecule has 5 rings (SSSR count). The number of halogens is 2. The zero-order valence-corrected chi connectivity index (χ0v) is 20.0. The maximum Gasteiger partial charge on any atom is -0.0809 e. The van der Waals surface area contributed by atoms with Crippen LogP contribution in [0.25, 0.3) is 10.8 Å². The van der Waals surface area contributed by atoms with Crippen LogP contribution in [0, 0.1) is 6.08 Å². The second kappa shape index (κ2) is 11.8. The molecule has 0 radical (unpaired) electrons. The molecule has 2 aromatic carbocycles. The van der Waals surface area contributed by atoms with Gasteiger partial charge in [-0.05, 0) is 0 Å². The quantitative estimate of drug-likeness (QED) is 0.356. The fourth-order valence-corrected chi connectivity index (χ4v) is 45.4. The van der Waals surface area contributed by atoms with E-state index < -0.39 is 0 Å². The van der Waals surface area contributed by atoms with Crippen molar-refractivity contribution in [3.8, 4) is 0 Å². The van der Waals surface area contributed by atoms with Gasteiger partial charge < -0.3 is 24.8 Å². The largest absolute Gasteiger partial charge is 1.00 e. The van der Waals surface area contributed by atoms with Crippen molar-refractivity contribution < 1.29 is 45.3 Å². The Morgan fingerprint density at radius 1 is 1.00 bits per heavy atom. The molecule has 1 aliphatic carbocycles. The van der Waals surface area contributed by atoms with Crippen molar-refractivity contribution in [1.82, 2.24) is 0 Å². The fourth-order valence-electron chi connectivity index (χ4n) is 2.92. The summed E-state index contributed by atoms with van der Waals surface area (Å²) in [6, 6.07) is 21.8. The van der Waals surface area contributed by atoms with Gasteiger partial charge >= 0.3 is 55.5 Å². The van der Waals surface area contributed by atoms with Crippen LogP contribution in [0.5, 0.6) is 0 Å². The first-order valence-corrected chi connectivity index (χ1v) is 19.3. The van der Waals surface area contributed by atoms with Crippen LogP contribution in [0.3, 0.4) is 0 Å². The van der Waals surface area contributed by atoms with Crippen LogP contribution in [0.4, 0.5) is 0 Å². The molecular formula is C19H22Cl2Si2Zr-4. The molecule has 0 saturated carbocycles. The Morgan fingerprint density at radius 3 is 2.08 bits per heavy atom. The van der Waals surface area contributed by atoms with Crippen molar-refractivity contribution >= 4 is 21.6 Å². The van der Waals surface area contributed by atoms with Gasteiger partial charge in [0.2, 0.25) is 0 Å². The first-order valence-electron chi connectivity index (χ1n) is 8.11. The minimum atomic E-state index is 0. The van der Waals surface area contributed by atoms with Crippen molar-refractivity contribution in [3.05, 3.63) is 66.3 Å². The smallest absolute Gasteiger partial charge is 0.0809 e. The average molecular weight is 469 g/mol. The molecule has 2 aliphatic heterocycles. The maximum absolute atomic E-state index is 3.05. The summed E-state index contributed by atoms with van der Waals surface area (Å²) >= 11 is 0.465. The van der Waals surface area contributed by atoms with Crippen LogP contribution < -0.4 is 24.8 Å². The van der Waals surface area contributed by atoms with Gasteiger partial charge in [-0.15, -0.1) is 43.0 Å². The molecule has 2 aromatic rings. The summed E-state index contributed by atoms with van der Waals surface area (Å²) in [4.78, 5) is 0. The molecule has 128 valence electrons. The third kappa shape index (κ3) is 6.84. The second-order valence-corrected chi connectivity index (χ2v) is 27.4. The van der Waals surface area contributed by atoms with Crippen molar-refractivity contribution in [1.29, 1.82) is 0 Å². The standard InChI is InChI=1S/C9H7.C6H7.C4H8Si2.2ClH.Zr/c1-2-5-9-7-3-6-8(9)4-1;1-6-4-2-3-5-6;1-2-6-4-3-5-1;;;/h1-7H;4-5H,2H2,1H3;1-4H2;2*1H;/q2*-1;;;;/p-2. The monoisotopic (exact) mass is 466 g/mol. The molecule has 0 aromatic heterocycles. The van der Waals surface area contributed by atoms with Gasteiger partial charge in [0.1, 0.15) is 0 Å². The third-order valence-corrected chi connectivity index (χ3v) is 34.5. The first kappa shape index (κ1) is 22.2. The number of rotatable bonds is 0. The van der Waals surface area contributed by atoms with Gasteiger partial charge in [-0.1, -0.05) is 6.07 Å². The Morgan fingerprint density at radius 2 is 1.67 bits per heavy atom. The van der Waals surface area contributed by atoms with E-state index in [2.05, 4.69) is 61.5 Å². The minimum absolute atomic E-state index is 0. The third-order valence-electron chi connectivity index (χ3n) is 4.23. The fraction of sp³-hybridized carbons (Fsp3) is 0.316. The molecule has 0 amide bonds. The van der Waals surface area contributed by atoms with E-state index in [1.807, 2.05) is 6.08 Å². The van der Waals surface area contributed by atoms with Crippen LogP contribution in [0.15, 0.2) is 60.2 Å². The summed E-state index contributed by atoms with van der Waals surface area (Å²) in [5.74, 6) is 0. The van der Waals surface area contributed by atoms with Crippen molar-refractivity contribution in [3.63, 3.8) is 0 Å². The number of hydrogen-bond donors (Lipinski definition) is 0. The number of allylic oxidation sites excluding steroid dienone is 4. The Bertz CT molecular complexity index is 723. The summed E-state index contributed by atoms with van der Waals surface area (Å²) in [5, 5.41) is 2.66. The summed E-state index contributed by atoms with van der Waals surface area (Å²) in [6.07, 6.45) is 8.24. The Balaban J connectivity index is 0.000000176. The van der Waals surface area contributed by atoms with E-state index in [0.717, 1.165) is 6.42 Å². The van der Waals surface area contributed by atoms with Gasteiger partial charge in [0.05, 0.1) is 0 Å². The SMILES string of the molecule is C1C[Si]2=[Zr]=[Si]1CC2.CC1=CC[C-]=C1.[Cl-].[Cl-].c1ccc2[cH-]ccc2c1. The summed E-state index contributed by atoms with van der Waals surface area (Å²) in [7, 11) is 0. The molecule has 3 aliphatic rings. The first-order chi connectivity index (χ1) is 10.8.